The van der Waals surface area contributed by atoms with Crippen LogP contribution in [0, 0.1) is 5.92 Å². The van der Waals surface area contributed by atoms with Crippen molar-refractivity contribution in [2.75, 3.05) is 19.7 Å². The van der Waals surface area contributed by atoms with Crippen molar-refractivity contribution in [2.45, 2.75) is 38.3 Å². The van der Waals surface area contributed by atoms with Crippen LogP contribution < -0.4 is 4.87 Å². The topological polar surface area (TPSA) is 75.4 Å². The molecule has 3 rings (SSSR count). The number of aldehydes is 1. The number of halogens is 1. The third-order valence-electron chi connectivity index (χ3n) is 4.87. The second kappa shape index (κ2) is 8.53. The Morgan fingerprint density at radius 1 is 1.40 bits per heavy atom. The number of carbonyl (C=O) groups is 1. The Hall–Kier alpha value is -1.09. The summed E-state index contributed by atoms with van der Waals surface area (Å²) >= 11 is 4.46. The lowest BCUT2D eigenvalue weighted by Gasteiger charge is -2.35. The highest BCUT2D eigenvalue weighted by Crippen LogP contribution is 2.28. The van der Waals surface area contributed by atoms with Crippen LogP contribution in [0.3, 0.4) is 0 Å². The first kappa shape index (κ1) is 18.7. The number of piperidine rings is 1. The lowest BCUT2D eigenvalue weighted by atomic mass is 9.91. The van der Waals surface area contributed by atoms with E-state index in [2.05, 4.69) is 25.8 Å². The summed E-state index contributed by atoms with van der Waals surface area (Å²) in [6, 6.07) is 1.85. The quantitative estimate of drug-likeness (QED) is 0.542. The summed E-state index contributed by atoms with van der Waals surface area (Å²) in [7, 11) is 0. The molecule has 2 aromatic rings. The van der Waals surface area contributed by atoms with Gasteiger partial charge in [0.25, 0.3) is 0 Å². The molecule has 1 fully saturated rings. The third kappa shape index (κ3) is 4.19. The molecule has 1 aliphatic rings. The Balaban J connectivity index is 1.76. The van der Waals surface area contributed by atoms with E-state index < -0.39 is 6.17 Å². The van der Waals surface area contributed by atoms with Gasteiger partial charge >= 0.3 is 4.87 Å². The number of unbranched alkanes of at least 4 members (excludes halogenated alkanes) is 1. The molecule has 8 heteroatoms. The number of aliphatic hydroxyl groups excluding tert-OH is 1. The molecule has 0 aliphatic carbocycles. The van der Waals surface area contributed by atoms with Gasteiger partial charge in [0.15, 0.2) is 6.29 Å². The number of aromatic nitrogens is 2. The van der Waals surface area contributed by atoms with Crippen LogP contribution in [0.25, 0.3) is 10.3 Å². The number of rotatable bonds is 7. The van der Waals surface area contributed by atoms with Gasteiger partial charge < -0.3 is 5.11 Å². The summed E-state index contributed by atoms with van der Waals surface area (Å²) in [4.78, 5) is 31.1. The third-order valence-corrected chi connectivity index (χ3v) is 6.18. The summed E-state index contributed by atoms with van der Waals surface area (Å²) in [5.74, 6) is 0.641. The number of pyridine rings is 1. The van der Waals surface area contributed by atoms with Gasteiger partial charge in [-0.15, -0.1) is 0 Å². The number of hydrogen-bond acceptors (Lipinski definition) is 6. The normalized spacial score (nSPS) is 17.8. The average Bonchev–Trinajstić information content (AvgIpc) is 2.93. The molecule has 1 N–H and O–H groups in total. The highest BCUT2D eigenvalue weighted by Gasteiger charge is 2.28. The fourth-order valence-electron chi connectivity index (χ4n) is 3.51. The molecule has 0 radical (unpaired) electrons. The van der Waals surface area contributed by atoms with Crippen LogP contribution in [0.4, 0.5) is 0 Å². The summed E-state index contributed by atoms with van der Waals surface area (Å²) in [6.07, 6.45) is 7.02. The Morgan fingerprint density at radius 3 is 2.84 bits per heavy atom. The minimum absolute atomic E-state index is 0.150. The van der Waals surface area contributed by atoms with E-state index >= 15 is 0 Å². The smallest absolute Gasteiger partial charge is 0.311 e. The average molecular weight is 428 g/mol. The number of thiazole rings is 1. The van der Waals surface area contributed by atoms with Gasteiger partial charge in [0.2, 0.25) is 0 Å². The molecule has 1 saturated heterocycles. The summed E-state index contributed by atoms with van der Waals surface area (Å²) in [5.41, 5.74) is 0.701. The SMILES string of the molecule is O=CC(N1CCC(CCCCO)CC1)n1c(=O)sc2ncc(Br)cc21. The van der Waals surface area contributed by atoms with Crippen LogP contribution in [-0.4, -0.2) is 45.5 Å². The highest BCUT2D eigenvalue weighted by molar-refractivity contribution is 9.10. The van der Waals surface area contributed by atoms with Crippen LogP contribution in [-0.2, 0) is 4.79 Å². The van der Waals surface area contributed by atoms with E-state index in [1.54, 1.807) is 10.8 Å². The largest absolute Gasteiger partial charge is 0.396 e. The lowest BCUT2D eigenvalue weighted by Crippen LogP contribution is -2.42. The van der Waals surface area contributed by atoms with E-state index in [1.807, 2.05) is 6.07 Å². The van der Waals surface area contributed by atoms with Crippen molar-refractivity contribution in [3.05, 3.63) is 26.4 Å². The maximum atomic E-state index is 12.4. The first-order valence-electron chi connectivity index (χ1n) is 8.61. The molecule has 3 heterocycles. The molecule has 136 valence electrons. The van der Waals surface area contributed by atoms with Crippen LogP contribution in [0.5, 0.6) is 0 Å². The Morgan fingerprint density at radius 2 is 2.16 bits per heavy atom. The fourth-order valence-corrected chi connectivity index (χ4v) is 4.67. The van der Waals surface area contributed by atoms with Gasteiger partial charge in [0.05, 0.1) is 5.52 Å². The molecule has 0 aromatic carbocycles. The van der Waals surface area contributed by atoms with Gasteiger partial charge in [0.1, 0.15) is 11.0 Å². The van der Waals surface area contributed by atoms with Crippen molar-refractivity contribution in [2.24, 2.45) is 5.92 Å². The monoisotopic (exact) mass is 427 g/mol. The Bertz CT molecular complexity index is 783. The first-order valence-corrected chi connectivity index (χ1v) is 10.2. The minimum Gasteiger partial charge on any atom is -0.396 e. The van der Waals surface area contributed by atoms with Crippen molar-refractivity contribution in [3.8, 4) is 0 Å². The number of hydrogen-bond donors (Lipinski definition) is 1. The maximum absolute atomic E-state index is 12.4. The van der Waals surface area contributed by atoms with Gasteiger partial charge in [-0.1, -0.05) is 24.2 Å². The molecular formula is C17H22BrN3O3S. The molecular weight excluding hydrogens is 406 g/mol. The van der Waals surface area contributed by atoms with Gasteiger partial charge in [-0.05, 0) is 47.2 Å². The van der Waals surface area contributed by atoms with Crippen molar-refractivity contribution >= 4 is 43.9 Å². The Kier molecular flexibility index (Phi) is 6.38. The molecule has 6 nitrogen and oxygen atoms in total. The molecule has 0 amide bonds. The van der Waals surface area contributed by atoms with E-state index in [0.29, 0.717) is 16.3 Å². The van der Waals surface area contributed by atoms with Crippen LogP contribution in [0.15, 0.2) is 21.5 Å². The minimum atomic E-state index is -0.573. The second-order valence-electron chi connectivity index (χ2n) is 6.46. The maximum Gasteiger partial charge on any atom is 0.311 e. The van der Waals surface area contributed by atoms with Gasteiger partial charge in [0, 0.05) is 30.4 Å². The first-order chi connectivity index (χ1) is 12.1. The number of likely N-dealkylation sites (tertiary alicyclic amines) is 1. The highest BCUT2D eigenvalue weighted by atomic mass is 79.9. The van der Waals surface area contributed by atoms with Crippen molar-refractivity contribution < 1.29 is 9.90 Å². The van der Waals surface area contributed by atoms with E-state index in [-0.39, 0.29) is 11.5 Å². The molecule has 2 aromatic heterocycles. The number of aliphatic hydroxyl groups is 1. The van der Waals surface area contributed by atoms with Crippen LogP contribution in [0.1, 0.15) is 38.3 Å². The standard InChI is InChI=1S/C17H22BrN3O3S/c18-13-9-14-16(19-10-13)25-17(24)21(14)15(11-23)20-6-4-12(5-7-20)3-1-2-8-22/h9-12,15,22H,1-8H2. The predicted molar refractivity (Wildman–Crippen MR) is 102 cm³/mol. The zero-order valence-corrected chi connectivity index (χ0v) is 16.3. The second-order valence-corrected chi connectivity index (χ2v) is 8.32. The number of fused-ring (bicyclic) bond motifs is 1. The zero-order valence-electron chi connectivity index (χ0n) is 13.9. The van der Waals surface area contributed by atoms with E-state index in [4.69, 9.17) is 5.11 Å². The van der Waals surface area contributed by atoms with Gasteiger partial charge in [-0.25, -0.2) is 4.98 Å². The molecule has 1 unspecified atom stereocenters. The molecule has 1 aliphatic heterocycles. The van der Waals surface area contributed by atoms with Crippen LogP contribution >= 0.6 is 27.3 Å². The van der Waals surface area contributed by atoms with E-state index in [9.17, 15) is 9.59 Å². The fraction of sp³-hybridized carbons (Fsp3) is 0.588. The van der Waals surface area contributed by atoms with Crippen molar-refractivity contribution in [1.29, 1.82) is 0 Å². The zero-order chi connectivity index (χ0) is 17.8. The predicted octanol–water partition coefficient (Wildman–Crippen LogP) is 2.79. The van der Waals surface area contributed by atoms with Gasteiger partial charge in [-0.2, -0.15) is 0 Å². The van der Waals surface area contributed by atoms with Crippen LogP contribution in [0.2, 0.25) is 0 Å². The summed E-state index contributed by atoms with van der Waals surface area (Å²) < 4.78 is 2.36. The lowest BCUT2D eigenvalue weighted by molar-refractivity contribution is -0.116. The van der Waals surface area contributed by atoms with E-state index in [0.717, 1.165) is 67.3 Å². The van der Waals surface area contributed by atoms with Crippen molar-refractivity contribution in [1.82, 2.24) is 14.5 Å². The Labute approximate surface area is 158 Å². The molecule has 1 atom stereocenters. The molecule has 0 spiro atoms. The summed E-state index contributed by atoms with van der Waals surface area (Å²) in [5, 5.41) is 8.89. The molecule has 25 heavy (non-hydrogen) atoms. The van der Waals surface area contributed by atoms with Gasteiger partial charge in [-0.3, -0.25) is 19.1 Å². The summed E-state index contributed by atoms with van der Waals surface area (Å²) in [6.45, 7) is 1.86. The van der Waals surface area contributed by atoms with E-state index in [1.165, 1.54) is 0 Å². The molecule has 0 bridgehead atoms. The number of carbonyl (C=O) groups excluding carboxylic acids is 1. The number of nitrogens with zero attached hydrogens (tertiary/aromatic N) is 3. The molecule has 0 saturated carbocycles. The van der Waals surface area contributed by atoms with Crippen molar-refractivity contribution in [3.63, 3.8) is 0 Å².